The Balaban J connectivity index is 1.99. The minimum Gasteiger partial charge on any atom is -0.449 e. The van der Waals surface area contributed by atoms with E-state index in [0.717, 1.165) is 11.6 Å². The molecule has 4 nitrogen and oxygen atoms in total. The molecule has 1 atom stereocenters. The van der Waals surface area contributed by atoms with Gasteiger partial charge in [0, 0.05) is 22.3 Å². The fourth-order valence-corrected chi connectivity index (χ4v) is 2.45. The summed E-state index contributed by atoms with van der Waals surface area (Å²) in [6, 6.07) is 9.24. The largest absolute Gasteiger partial charge is 0.449 e. The number of ether oxygens (including phenoxy) is 1. The molecule has 0 aliphatic carbocycles. The van der Waals surface area contributed by atoms with Crippen LogP contribution in [0.5, 0.6) is 0 Å². The molecule has 7 heteroatoms. The second-order valence-electron chi connectivity index (χ2n) is 5.50. The second-order valence-corrected chi connectivity index (χ2v) is 6.34. The molecule has 2 aromatic rings. The van der Waals surface area contributed by atoms with Crippen molar-refractivity contribution in [3.63, 3.8) is 0 Å². The Hall–Kier alpha value is -2.37. The number of carbonyl (C=O) groups excluding carboxylic acids is 2. The van der Waals surface area contributed by atoms with Crippen LogP contribution in [0.15, 0.2) is 42.5 Å². The lowest BCUT2D eigenvalue weighted by Gasteiger charge is -2.14. The van der Waals surface area contributed by atoms with E-state index in [1.54, 1.807) is 18.2 Å². The van der Waals surface area contributed by atoms with Gasteiger partial charge < -0.3 is 10.1 Å². The average Bonchev–Trinajstić information content (AvgIpc) is 2.57. The fraction of sp³-hybridized carbons (Fsp3) is 0.158. The van der Waals surface area contributed by atoms with Crippen molar-refractivity contribution in [1.82, 2.24) is 0 Å². The molecule has 0 aliphatic rings. The van der Waals surface area contributed by atoms with E-state index in [4.69, 9.17) is 27.9 Å². The van der Waals surface area contributed by atoms with Crippen molar-refractivity contribution in [3.8, 4) is 0 Å². The van der Waals surface area contributed by atoms with Crippen LogP contribution in [-0.4, -0.2) is 18.0 Å². The van der Waals surface area contributed by atoms with Crippen LogP contribution in [0.3, 0.4) is 0 Å². The first-order valence-corrected chi connectivity index (χ1v) is 8.43. The first-order valence-electron chi connectivity index (χ1n) is 7.67. The highest BCUT2D eigenvalue weighted by Gasteiger charge is 2.17. The monoisotopic (exact) mass is 395 g/mol. The van der Waals surface area contributed by atoms with E-state index in [2.05, 4.69) is 5.32 Å². The van der Waals surface area contributed by atoms with Crippen molar-refractivity contribution in [2.45, 2.75) is 20.0 Å². The maximum Gasteiger partial charge on any atom is 0.331 e. The number of benzene rings is 2. The molecule has 0 unspecified atom stereocenters. The Morgan fingerprint density at radius 2 is 1.96 bits per heavy atom. The van der Waals surface area contributed by atoms with Gasteiger partial charge in [-0.1, -0.05) is 35.3 Å². The molecule has 0 aromatic heterocycles. The number of amides is 1. The highest BCUT2D eigenvalue weighted by molar-refractivity contribution is 6.32. The van der Waals surface area contributed by atoms with Crippen LogP contribution in [0.2, 0.25) is 10.0 Å². The molecule has 0 saturated carbocycles. The van der Waals surface area contributed by atoms with Crippen LogP contribution in [-0.2, 0) is 14.3 Å². The molecule has 0 fully saturated rings. The molecular formula is C19H16Cl2FNO3. The van der Waals surface area contributed by atoms with E-state index < -0.39 is 23.8 Å². The molecule has 2 aromatic carbocycles. The first kappa shape index (κ1) is 19.9. The summed E-state index contributed by atoms with van der Waals surface area (Å²) in [6.07, 6.45) is 1.16. The van der Waals surface area contributed by atoms with E-state index in [1.165, 1.54) is 31.2 Å². The number of rotatable bonds is 5. The second kappa shape index (κ2) is 8.83. The molecule has 26 heavy (non-hydrogen) atoms. The van der Waals surface area contributed by atoms with Crippen molar-refractivity contribution in [3.05, 3.63) is 69.5 Å². The topological polar surface area (TPSA) is 55.4 Å². The third kappa shape index (κ3) is 5.31. The van der Waals surface area contributed by atoms with Gasteiger partial charge in [-0.15, -0.1) is 0 Å². The number of esters is 1. The van der Waals surface area contributed by atoms with Crippen molar-refractivity contribution in [1.29, 1.82) is 0 Å². The molecule has 136 valence electrons. The average molecular weight is 396 g/mol. The standard InChI is InChI=1S/C19H16Cl2FNO3/c1-11-6-7-13(20)10-17(11)23-19(25)12(2)26-18(24)9-8-14-15(21)4-3-5-16(14)22/h3-10,12H,1-2H3,(H,23,25)/b9-8+/t12-/m1/s1. The number of carbonyl (C=O) groups is 2. The molecule has 0 aliphatic heterocycles. The summed E-state index contributed by atoms with van der Waals surface area (Å²) in [6.45, 7) is 3.24. The van der Waals surface area contributed by atoms with Gasteiger partial charge in [0.15, 0.2) is 6.10 Å². The van der Waals surface area contributed by atoms with Crippen LogP contribution in [0.25, 0.3) is 6.08 Å². The van der Waals surface area contributed by atoms with Gasteiger partial charge in [0.25, 0.3) is 5.91 Å². The minimum absolute atomic E-state index is 0.0674. The zero-order valence-electron chi connectivity index (χ0n) is 14.1. The van der Waals surface area contributed by atoms with Crippen LogP contribution in [0.4, 0.5) is 10.1 Å². The predicted octanol–water partition coefficient (Wildman–Crippen LogP) is 5.02. The van der Waals surface area contributed by atoms with Gasteiger partial charge in [-0.25, -0.2) is 9.18 Å². The summed E-state index contributed by atoms with van der Waals surface area (Å²) in [5.74, 6) is -1.88. The molecule has 0 spiro atoms. The molecule has 2 rings (SSSR count). The molecule has 1 N–H and O–H groups in total. The maximum atomic E-state index is 13.6. The van der Waals surface area contributed by atoms with Gasteiger partial charge >= 0.3 is 5.97 Å². The van der Waals surface area contributed by atoms with E-state index in [-0.39, 0.29) is 10.6 Å². The lowest BCUT2D eigenvalue weighted by molar-refractivity contribution is -0.148. The third-order valence-electron chi connectivity index (χ3n) is 3.51. The number of anilines is 1. The SMILES string of the molecule is Cc1ccc(Cl)cc1NC(=O)[C@@H](C)OC(=O)/C=C/c1c(F)cccc1Cl. The number of nitrogens with one attached hydrogen (secondary N) is 1. The molecule has 0 radical (unpaired) electrons. The number of hydrogen-bond donors (Lipinski definition) is 1. The summed E-state index contributed by atoms with van der Waals surface area (Å²) < 4.78 is 18.7. The zero-order chi connectivity index (χ0) is 19.3. The summed E-state index contributed by atoms with van der Waals surface area (Å²) in [7, 11) is 0. The summed E-state index contributed by atoms with van der Waals surface area (Å²) in [4.78, 5) is 24.0. The quantitative estimate of drug-likeness (QED) is 0.570. The Morgan fingerprint density at radius 3 is 2.65 bits per heavy atom. The van der Waals surface area contributed by atoms with Crippen LogP contribution in [0.1, 0.15) is 18.1 Å². The third-order valence-corrected chi connectivity index (χ3v) is 4.07. The lowest BCUT2D eigenvalue weighted by atomic mass is 10.2. The Bertz CT molecular complexity index is 848. The smallest absolute Gasteiger partial charge is 0.331 e. The van der Waals surface area contributed by atoms with E-state index in [1.807, 2.05) is 6.92 Å². The van der Waals surface area contributed by atoms with Crippen molar-refractivity contribution < 1.29 is 18.7 Å². The molecular weight excluding hydrogens is 380 g/mol. The van der Waals surface area contributed by atoms with Gasteiger partial charge in [-0.2, -0.15) is 0 Å². The Morgan fingerprint density at radius 1 is 1.23 bits per heavy atom. The summed E-state index contributed by atoms with van der Waals surface area (Å²) in [5.41, 5.74) is 1.41. The van der Waals surface area contributed by atoms with Crippen LogP contribution >= 0.6 is 23.2 Å². The van der Waals surface area contributed by atoms with Crippen molar-refractivity contribution in [2.24, 2.45) is 0 Å². The molecule has 0 saturated heterocycles. The van der Waals surface area contributed by atoms with E-state index >= 15 is 0 Å². The maximum absolute atomic E-state index is 13.6. The Labute approximate surface area is 160 Å². The van der Waals surface area contributed by atoms with E-state index in [9.17, 15) is 14.0 Å². The van der Waals surface area contributed by atoms with Gasteiger partial charge in [0.2, 0.25) is 0 Å². The highest BCUT2D eigenvalue weighted by Crippen LogP contribution is 2.21. The molecule has 0 bridgehead atoms. The number of halogens is 3. The molecule has 0 heterocycles. The first-order chi connectivity index (χ1) is 12.3. The number of hydrogen-bond acceptors (Lipinski definition) is 3. The highest BCUT2D eigenvalue weighted by atomic mass is 35.5. The van der Waals surface area contributed by atoms with Crippen molar-refractivity contribution >= 4 is 46.8 Å². The van der Waals surface area contributed by atoms with Gasteiger partial charge in [-0.05, 0) is 49.8 Å². The van der Waals surface area contributed by atoms with Crippen molar-refractivity contribution in [2.75, 3.05) is 5.32 Å². The van der Waals surface area contributed by atoms with Crippen LogP contribution in [0, 0.1) is 12.7 Å². The number of aryl methyl sites for hydroxylation is 1. The van der Waals surface area contributed by atoms with Gasteiger partial charge in [-0.3, -0.25) is 4.79 Å². The summed E-state index contributed by atoms with van der Waals surface area (Å²) >= 11 is 11.8. The van der Waals surface area contributed by atoms with Gasteiger partial charge in [0.1, 0.15) is 5.82 Å². The summed E-state index contributed by atoms with van der Waals surface area (Å²) in [5, 5.41) is 3.28. The minimum atomic E-state index is -1.05. The van der Waals surface area contributed by atoms with Gasteiger partial charge in [0.05, 0.1) is 5.02 Å². The lowest BCUT2D eigenvalue weighted by Crippen LogP contribution is -2.29. The normalized spacial score (nSPS) is 12.0. The van der Waals surface area contributed by atoms with Crippen LogP contribution < -0.4 is 5.32 Å². The molecule has 1 amide bonds. The predicted molar refractivity (Wildman–Crippen MR) is 101 cm³/mol. The Kier molecular flexibility index (Phi) is 6.77. The fourth-order valence-electron chi connectivity index (χ4n) is 2.05. The van der Waals surface area contributed by atoms with E-state index in [0.29, 0.717) is 10.7 Å². The zero-order valence-corrected chi connectivity index (χ0v) is 15.6.